The van der Waals surface area contributed by atoms with E-state index in [0.717, 1.165) is 11.3 Å². The van der Waals surface area contributed by atoms with Crippen LogP contribution in [0, 0.1) is 19.8 Å². The summed E-state index contributed by atoms with van der Waals surface area (Å²) in [6.45, 7) is 3.73. The van der Waals surface area contributed by atoms with Crippen LogP contribution in [0.25, 0.3) is 0 Å². The summed E-state index contributed by atoms with van der Waals surface area (Å²) in [5, 5.41) is 3.80. The van der Waals surface area contributed by atoms with E-state index in [0.29, 0.717) is 32.2 Å². The summed E-state index contributed by atoms with van der Waals surface area (Å²) in [6, 6.07) is 0. The molecular formula is C16H19N5O3S2. The molecule has 1 unspecified atom stereocenters. The highest BCUT2D eigenvalue weighted by atomic mass is 32.2. The quantitative estimate of drug-likeness (QED) is 0.792. The minimum Gasteiger partial charge on any atom is -0.344 e. The highest BCUT2D eigenvalue weighted by Gasteiger charge is 2.28. The van der Waals surface area contributed by atoms with Crippen LogP contribution in [0.5, 0.6) is 0 Å². The van der Waals surface area contributed by atoms with Gasteiger partial charge in [0.25, 0.3) is 11.5 Å². The first-order valence-corrected chi connectivity index (χ1v) is 9.77. The Kier molecular flexibility index (Phi) is 5.15. The summed E-state index contributed by atoms with van der Waals surface area (Å²) in [5.74, 6) is -0.189. The fourth-order valence-corrected chi connectivity index (χ4v) is 4.56. The van der Waals surface area contributed by atoms with Crippen LogP contribution in [-0.2, 0) is 11.3 Å². The molecule has 1 aliphatic heterocycles. The Labute approximate surface area is 158 Å². The van der Waals surface area contributed by atoms with Crippen LogP contribution in [0.4, 0.5) is 5.13 Å². The summed E-state index contributed by atoms with van der Waals surface area (Å²) in [6.07, 6.45) is 1.56. The highest BCUT2D eigenvalue weighted by Crippen LogP contribution is 2.28. The van der Waals surface area contributed by atoms with Crippen molar-refractivity contribution in [3.63, 3.8) is 0 Å². The molecule has 0 saturated heterocycles. The van der Waals surface area contributed by atoms with Gasteiger partial charge in [0.15, 0.2) is 10.3 Å². The second kappa shape index (κ2) is 7.20. The van der Waals surface area contributed by atoms with Gasteiger partial charge in [0.2, 0.25) is 5.91 Å². The van der Waals surface area contributed by atoms with Gasteiger partial charge in [0.1, 0.15) is 4.88 Å². The molecule has 0 bridgehead atoms. The zero-order valence-electron chi connectivity index (χ0n) is 14.9. The molecule has 0 saturated carbocycles. The van der Waals surface area contributed by atoms with Crippen LogP contribution in [0.3, 0.4) is 0 Å². The van der Waals surface area contributed by atoms with Crippen LogP contribution < -0.4 is 10.9 Å². The van der Waals surface area contributed by atoms with Gasteiger partial charge < -0.3 is 10.2 Å². The third kappa shape index (κ3) is 3.51. The van der Waals surface area contributed by atoms with E-state index < -0.39 is 0 Å². The summed E-state index contributed by atoms with van der Waals surface area (Å²) in [5.41, 5.74) is 1.02. The lowest BCUT2D eigenvalue weighted by molar-refractivity contribution is -0.119. The lowest BCUT2D eigenvalue weighted by Gasteiger charge is -2.23. The zero-order chi connectivity index (χ0) is 19.0. The predicted molar refractivity (Wildman–Crippen MR) is 101 cm³/mol. The first kappa shape index (κ1) is 18.6. The molecule has 8 nitrogen and oxygen atoms in total. The average molecular weight is 393 g/mol. The zero-order valence-corrected chi connectivity index (χ0v) is 16.5. The highest BCUT2D eigenvalue weighted by molar-refractivity contribution is 7.99. The maximum absolute atomic E-state index is 12.6. The summed E-state index contributed by atoms with van der Waals surface area (Å²) < 4.78 is 1.54. The first-order chi connectivity index (χ1) is 12.3. The van der Waals surface area contributed by atoms with E-state index in [1.807, 2.05) is 0 Å². The number of anilines is 1. The molecule has 0 radical (unpaired) electrons. The topological polar surface area (TPSA) is 97.2 Å². The van der Waals surface area contributed by atoms with E-state index in [1.54, 1.807) is 38.7 Å². The molecule has 3 rings (SSSR count). The normalized spacial score (nSPS) is 16.1. The molecule has 0 fully saturated rings. The van der Waals surface area contributed by atoms with E-state index in [2.05, 4.69) is 15.3 Å². The molecule has 1 atom stereocenters. The number of carbonyl (C=O) groups is 2. The molecule has 0 aliphatic carbocycles. The van der Waals surface area contributed by atoms with Crippen molar-refractivity contribution in [1.82, 2.24) is 19.4 Å². The maximum atomic E-state index is 12.6. The van der Waals surface area contributed by atoms with Gasteiger partial charge in [-0.15, -0.1) is 0 Å². The van der Waals surface area contributed by atoms with E-state index in [9.17, 15) is 14.4 Å². The largest absolute Gasteiger partial charge is 0.344 e. The van der Waals surface area contributed by atoms with E-state index >= 15 is 0 Å². The number of hydrogen-bond donors (Lipinski definition) is 1. The van der Waals surface area contributed by atoms with Gasteiger partial charge in [0, 0.05) is 38.2 Å². The minimum atomic E-state index is -0.369. The van der Waals surface area contributed by atoms with Crippen molar-refractivity contribution in [2.24, 2.45) is 5.92 Å². The Morgan fingerprint density at radius 3 is 2.77 bits per heavy atom. The minimum absolute atomic E-state index is 0.121. The number of amides is 2. The SMILES string of the molecule is Cc1nc(NC(=O)C2CSc3ncc(C)c(=O)n3C2)sc1C(=O)N(C)C. The van der Waals surface area contributed by atoms with E-state index in [1.165, 1.54) is 16.7 Å². The fourth-order valence-electron chi connectivity index (χ4n) is 2.52. The molecule has 10 heteroatoms. The van der Waals surface area contributed by atoms with Crippen molar-refractivity contribution in [2.45, 2.75) is 25.5 Å². The summed E-state index contributed by atoms with van der Waals surface area (Å²) in [7, 11) is 3.34. The smallest absolute Gasteiger partial charge is 0.265 e. The van der Waals surface area contributed by atoms with Crippen LogP contribution in [0.15, 0.2) is 16.1 Å². The molecule has 0 aromatic carbocycles. The Balaban J connectivity index is 1.75. The van der Waals surface area contributed by atoms with Crippen LogP contribution in [0.1, 0.15) is 20.9 Å². The Hall–Kier alpha value is -2.20. The third-order valence-corrected chi connectivity index (χ3v) is 6.21. The average Bonchev–Trinajstić information content (AvgIpc) is 2.97. The van der Waals surface area contributed by atoms with Gasteiger partial charge in [-0.3, -0.25) is 19.0 Å². The third-order valence-electron chi connectivity index (χ3n) is 4.00. The molecule has 0 spiro atoms. The predicted octanol–water partition coefficient (Wildman–Crippen LogP) is 1.38. The molecule has 26 heavy (non-hydrogen) atoms. The number of nitrogens with zero attached hydrogens (tertiary/aromatic N) is 4. The molecule has 2 aromatic rings. The van der Waals surface area contributed by atoms with Gasteiger partial charge in [-0.1, -0.05) is 23.1 Å². The van der Waals surface area contributed by atoms with Crippen molar-refractivity contribution in [3.05, 3.63) is 32.7 Å². The van der Waals surface area contributed by atoms with Gasteiger partial charge in [-0.2, -0.15) is 0 Å². The number of carbonyl (C=O) groups excluding carboxylic acids is 2. The standard InChI is InChI=1S/C16H19N5O3S2/c1-8-5-17-16-21(13(8)23)6-10(7-25-16)12(22)19-15-18-9(2)11(26-15)14(24)20(3)4/h5,10H,6-7H2,1-4H3,(H,18,19,22). The van der Waals surface area contributed by atoms with Crippen molar-refractivity contribution < 1.29 is 9.59 Å². The number of hydrogen-bond acceptors (Lipinski definition) is 7. The first-order valence-electron chi connectivity index (χ1n) is 7.97. The molecule has 1 N–H and O–H groups in total. The lowest BCUT2D eigenvalue weighted by atomic mass is 10.1. The van der Waals surface area contributed by atoms with Gasteiger partial charge >= 0.3 is 0 Å². The molecular weight excluding hydrogens is 374 g/mol. The molecule has 1 aliphatic rings. The van der Waals surface area contributed by atoms with E-state index in [4.69, 9.17) is 0 Å². The van der Waals surface area contributed by atoms with Gasteiger partial charge in [-0.25, -0.2) is 9.97 Å². The van der Waals surface area contributed by atoms with Gasteiger partial charge in [-0.05, 0) is 13.8 Å². The van der Waals surface area contributed by atoms with Crippen molar-refractivity contribution in [1.29, 1.82) is 0 Å². The number of thioether (sulfide) groups is 1. The molecule has 3 heterocycles. The lowest BCUT2D eigenvalue weighted by Crippen LogP contribution is -2.37. The maximum Gasteiger partial charge on any atom is 0.265 e. The second-order valence-electron chi connectivity index (χ2n) is 6.27. The van der Waals surface area contributed by atoms with Crippen LogP contribution in [-0.4, -0.2) is 51.1 Å². The molecule has 2 aromatic heterocycles. The number of aryl methyl sites for hydroxylation is 2. The Morgan fingerprint density at radius 2 is 2.08 bits per heavy atom. The second-order valence-corrected chi connectivity index (χ2v) is 8.26. The molecule has 2 amide bonds. The van der Waals surface area contributed by atoms with Crippen molar-refractivity contribution >= 4 is 40.0 Å². The summed E-state index contributed by atoms with van der Waals surface area (Å²) >= 11 is 2.55. The molecule has 138 valence electrons. The van der Waals surface area contributed by atoms with Crippen molar-refractivity contribution in [3.8, 4) is 0 Å². The van der Waals surface area contributed by atoms with Crippen LogP contribution >= 0.6 is 23.1 Å². The Bertz CT molecular complexity index is 934. The fraction of sp³-hybridized carbons (Fsp3) is 0.438. The Morgan fingerprint density at radius 1 is 1.35 bits per heavy atom. The number of aromatic nitrogens is 3. The monoisotopic (exact) mass is 393 g/mol. The number of fused-ring (bicyclic) bond motifs is 1. The number of rotatable bonds is 3. The summed E-state index contributed by atoms with van der Waals surface area (Å²) in [4.78, 5) is 47.5. The number of thiazole rings is 1. The van der Waals surface area contributed by atoms with Crippen LogP contribution in [0.2, 0.25) is 0 Å². The van der Waals surface area contributed by atoms with Crippen molar-refractivity contribution in [2.75, 3.05) is 25.2 Å². The van der Waals surface area contributed by atoms with E-state index in [-0.39, 0.29) is 29.8 Å². The number of nitrogens with one attached hydrogen (secondary N) is 1. The van der Waals surface area contributed by atoms with Gasteiger partial charge in [0.05, 0.1) is 11.6 Å².